The summed E-state index contributed by atoms with van der Waals surface area (Å²) < 4.78 is 5.70. The molecule has 0 aliphatic carbocycles. The summed E-state index contributed by atoms with van der Waals surface area (Å²) in [5, 5.41) is 0.891. The SMILES string of the molecule is CCC(N)c1ccc(Oc2cccc(Cl)c2Cl)cc1. The second kappa shape index (κ2) is 6.29. The van der Waals surface area contributed by atoms with Crippen LogP contribution >= 0.6 is 23.2 Å². The largest absolute Gasteiger partial charge is 0.456 e. The van der Waals surface area contributed by atoms with Gasteiger partial charge in [0.2, 0.25) is 0 Å². The Labute approximate surface area is 123 Å². The minimum Gasteiger partial charge on any atom is -0.456 e. The summed E-state index contributed by atoms with van der Waals surface area (Å²) in [6, 6.07) is 13.0. The minimum atomic E-state index is 0.0591. The molecule has 100 valence electrons. The monoisotopic (exact) mass is 295 g/mol. The first-order valence-electron chi connectivity index (χ1n) is 6.09. The van der Waals surface area contributed by atoms with Gasteiger partial charge in [-0.1, -0.05) is 48.3 Å². The molecule has 2 N–H and O–H groups in total. The van der Waals surface area contributed by atoms with E-state index in [0.717, 1.165) is 12.0 Å². The van der Waals surface area contributed by atoms with Crippen molar-refractivity contribution in [1.82, 2.24) is 0 Å². The highest BCUT2D eigenvalue weighted by atomic mass is 35.5. The predicted octanol–water partition coefficient (Wildman–Crippen LogP) is 5.20. The maximum Gasteiger partial charge on any atom is 0.147 e. The molecule has 0 amide bonds. The van der Waals surface area contributed by atoms with E-state index in [4.69, 9.17) is 33.7 Å². The molecule has 2 aromatic carbocycles. The number of benzene rings is 2. The molecule has 1 atom stereocenters. The number of ether oxygens (including phenoxy) is 1. The minimum absolute atomic E-state index is 0.0591. The van der Waals surface area contributed by atoms with Crippen LogP contribution in [0.25, 0.3) is 0 Å². The third kappa shape index (κ3) is 3.41. The Morgan fingerprint density at radius 1 is 1.11 bits per heavy atom. The van der Waals surface area contributed by atoms with E-state index in [1.807, 2.05) is 24.3 Å². The van der Waals surface area contributed by atoms with E-state index >= 15 is 0 Å². The van der Waals surface area contributed by atoms with Crippen LogP contribution in [0.15, 0.2) is 42.5 Å². The van der Waals surface area contributed by atoms with Crippen molar-refractivity contribution in [3.8, 4) is 11.5 Å². The molecule has 0 saturated carbocycles. The van der Waals surface area contributed by atoms with E-state index in [1.54, 1.807) is 18.2 Å². The molecule has 0 radical (unpaired) electrons. The summed E-state index contributed by atoms with van der Waals surface area (Å²) in [5.41, 5.74) is 7.05. The molecule has 2 nitrogen and oxygen atoms in total. The van der Waals surface area contributed by atoms with Crippen molar-refractivity contribution >= 4 is 23.2 Å². The average Bonchev–Trinajstić information content (AvgIpc) is 2.44. The Kier molecular flexibility index (Phi) is 4.70. The summed E-state index contributed by atoms with van der Waals surface area (Å²) in [4.78, 5) is 0. The maximum absolute atomic E-state index is 6.07. The normalized spacial score (nSPS) is 12.2. The van der Waals surface area contributed by atoms with Gasteiger partial charge < -0.3 is 10.5 Å². The van der Waals surface area contributed by atoms with Gasteiger partial charge in [0.05, 0.1) is 5.02 Å². The fourth-order valence-corrected chi connectivity index (χ4v) is 2.04. The van der Waals surface area contributed by atoms with Gasteiger partial charge in [-0.05, 0) is 36.2 Å². The van der Waals surface area contributed by atoms with E-state index in [9.17, 15) is 0 Å². The number of rotatable bonds is 4. The van der Waals surface area contributed by atoms with Crippen LogP contribution in [0.3, 0.4) is 0 Å². The highest BCUT2D eigenvalue weighted by molar-refractivity contribution is 6.42. The molecule has 2 aromatic rings. The Bertz CT molecular complexity index is 555. The van der Waals surface area contributed by atoms with Gasteiger partial charge in [-0.25, -0.2) is 0 Å². The Morgan fingerprint density at radius 2 is 1.79 bits per heavy atom. The lowest BCUT2D eigenvalue weighted by Crippen LogP contribution is -2.07. The van der Waals surface area contributed by atoms with Crippen LogP contribution in [0, 0.1) is 0 Å². The predicted molar refractivity (Wildman–Crippen MR) is 80.2 cm³/mol. The van der Waals surface area contributed by atoms with Gasteiger partial charge >= 0.3 is 0 Å². The molecule has 0 saturated heterocycles. The summed E-state index contributed by atoms with van der Waals surface area (Å²) in [6.45, 7) is 2.06. The standard InChI is InChI=1S/C15H15Cl2NO/c1-2-13(18)10-6-8-11(9-7-10)19-14-5-3-4-12(16)15(14)17/h3-9,13H,2,18H2,1H3. The maximum atomic E-state index is 6.07. The number of halogens is 2. The summed E-state index contributed by atoms with van der Waals surface area (Å²) >= 11 is 12.0. The molecule has 0 aromatic heterocycles. The van der Waals surface area contributed by atoms with Gasteiger partial charge in [0.15, 0.2) is 0 Å². The number of nitrogens with two attached hydrogens (primary N) is 1. The molecule has 19 heavy (non-hydrogen) atoms. The fourth-order valence-electron chi connectivity index (χ4n) is 1.71. The molecule has 0 heterocycles. The smallest absolute Gasteiger partial charge is 0.147 e. The zero-order valence-electron chi connectivity index (χ0n) is 10.6. The van der Waals surface area contributed by atoms with E-state index in [-0.39, 0.29) is 6.04 Å². The van der Waals surface area contributed by atoms with Crippen molar-refractivity contribution in [3.05, 3.63) is 58.1 Å². The van der Waals surface area contributed by atoms with Crippen LogP contribution in [-0.2, 0) is 0 Å². The average molecular weight is 296 g/mol. The van der Waals surface area contributed by atoms with Crippen LogP contribution < -0.4 is 10.5 Å². The van der Waals surface area contributed by atoms with Crippen LogP contribution in [0.2, 0.25) is 10.0 Å². The van der Waals surface area contributed by atoms with Gasteiger partial charge in [0.25, 0.3) is 0 Å². The third-order valence-electron chi connectivity index (χ3n) is 2.89. The van der Waals surface area contributed by atoms with Crippen molar-refractivity contribution in [1.29, 1.82) is 0 Å². The summed E-state index contributed by atoms with van der Waals surface area (Å²) in [7, 11) is 0. The van der Waals surface area contributed by atoms with Crippen LogP contribution in [0.1, 0.15) is 24.9 Å². The Morgan fingerprint density at radius 3 is 2.42 bits per heavy atom. The van der Waals surface area contributed by atoms with E-state index in [1.165, 1.54) is 0 Å². The van der Waals surface area contributed by atoms with Crippen LogP contribution in [-0.4, -0.2) is 0 Å². The second-order valence-corrected chi connectivity index (χ2v) is 5.02. The molecular weight excluding hydrogens is 281 g/mol. The Balaban J connectivity index is 2.18. The highest BCUT2D eigenvalue weighted by Gasteiger charge is 2.07. The molecule has 2 rings (SSSR count). The lowest BCUT2D eigenvalue weighted by atomic mass is 10.1. The lowest BCUT2D eigenvalue weighted by Gasteiger charge is -2.11. The molecule has 0 bridgehead atoms. The van der Waals surface area contributed by atoms with E-state index in [2.05, 4.69) is 6.92 Å². The number of hydrogen-bond acceptors (Lipinski definition) is 2. The van der Waals surface area contributed by atoms with Gasteiger partial charge in [-0.3, -0.25) is 0 Å². The third-order valence-corrected chi connectivity index (χ3v) is 3.69. The summed E-state index contributed by atoms with van der Waals surface area (Å²) in [5.74, 6) is 1.25. The topological polar surface area (TPSA) is 35.2 Å². The van der Waals surface area contributed by atoms with Crippen molar-refractivity contribution in [2.75, 3.05) is 0 Å². The van der Waals surface area contributed by atoms with Crippen molar-refractivity contribution in [2.24, 2.45) is 5.73 Å². The van der Waals surface area contributed by atoms with Crippen molar-refractivity contribution in [2.45, 2.75) is 19.4 Å². The molecular formula is C15H15Cl2NO. The first-order chi connectivity index (χ1) is 9.11. The first kappa shape index (κ1) is 14.2. The van der Waals surface area contributed by atoms with Gasteiger partial charge in [-0.2, -0.15) is 0 Å². The van der Waals surface area contributed by atoms with Crippen molar-refractivity contribution in [3.63, 3.8) is 0 Å². The quantitative estimate of drug-likeness (QED) is 0.842. The zero-order chi connectivity index (χ0) is 13.8. The Hall–Kier alpha value is -1.22. The van der Waals surface area contributed by atoms with E-state index < -0.39 is 0 Å². The van der Waals surface area contributed by atoms with Crippen LogP contribution in [0.5, 0.6) is 11.5 Å². The summed E-state index contributed by atoms with van der Waals surface area (Å²) in [6.07, 6.45) is 0.903. The van der Waals surface area contributed by atoms with Gasteiger partial charge in [-0.15, -0.1) is 0 Å². The molecule has 1 unspecified atom stereocenters. The van der Waals surface area contributed by atoms with E-state index in [0.29, 0.717) is 21.5 Å². The fraction of sp³-hybridized carbons (Fsp3) is 0.200. The van der Waals surface area contributed by atoms with Gasteiger partial charge in [0, 0.05) is 6.04 Å². The number of hydrogen-bond donors (Lipinski definition) is 1. The molecule has 0 spiro atoms. The molecule has 0 aliphatic rings. The van der Waals surface area contributed by atoms with Crippen LogP contribution in [0.4, 0.5) is 0 Å². The van der Waals surface area contributed by atoms with Crippen molar-refractivity contribution < 1.29 is 4.74 Å². The second-order valence-electron chi connectivity index (χ2n) is 4.24. The molecule has 0 aliphatic heterocycles. The zero-order valence-corrected chi connectivity index (χ0v) is 12.1. The molecule has 4 heteroatoms. The first-order valence-corrected chi connectivity index (χ1v) is 6.84. The highest BCUT2D eigenvalue weighted by Crippen LogP contribution is 2.34. The lowest BCUT2D eigenvalue weighted by molar-refractivity contribution is 0.482. The molecule has 0 fully saturated rings. The van der Waals surface area contributed by atoms with Gasteiger partial charge in [0.1, 0.15) is 16.5 Å².